The van der Waals surface area contributed by atoms with E-state index in [0.717, 1.165) is 30.9 Å². The van der Waals surface area contributed by atoms with Gasteiger partial charge in [-0.05, 0) is 43.6 Å². The molecule has 0 spiro atoms. The van der Waals surface area contributed by atoms with Crippen LogP contribution in [0.3, 0.4) is 0 Å². The van der Waals surface area contributed by atoms with E-state index in [0.29, 0.717) is 29.7 Å². The molecule has 27 heavy (non-hydrogen) atoms. The van der Waals surface area contributed by atoms with Crippen molar-refractivity contribution in [1.82, 2.24) is 19.9 Å². The Labute approximate surface area is 170 Å². The lowest BCUT2D eigenvalue weighted by Gasteiger charge is -2.32. The quantitative estimate of drug-likeness (QED) is 0.520. The number of amides is 1. The zero-order valence-electron chi connectivity index (χ0n) is 15.2. The molecule has 2 aromatic rings. The molecule has 0 aliphatic carbocycles. The summed E-state index contributed by atoms with van der Waals surface area (Å²) in [7, 11) is 3.99. The number of nitrogens with zero attached hydrogens (tertiary/aromatic N) is 4. The number of unbranched alkanes of at least 4 members (excludes halogenated alkanes) is 1. The topological polar surface area (TPSA) is 68.1 Å². The van der Waals surface area contributed by atoms with E-state index in [1.807, 2.05) is 37.9 Å². The number of thiophene rings is 1. The van der Waals surface area contributed by atoms with E-state index >= 15 is 0 Å². The number of carbonyl (C=O) groups excluding carboxylic acids is 1. The highest BCUT2D eigenvalue weighted by atomic mass is 33.1. The molecule has 0 radical (unpaired) electrons. The van der Waals surface area contributed by atoms with Gasteiger partial charge in [0.1, 0.15) is 10.2 Å². The minimum Gasteiger partial charge on any atom is -0.343 e. The van der Waals surface area contributed by atoms with Gasteiger partial charge in [0.2, 0.25) is 5.91 Å². The Hall–Kier alpha value is -1.06. The van der Waals surface area contributed by atoms with E-state index < -0.39 is 0 Å². The fourth-order valence-corrected chi connectivity index (χ4v) is 7.54. The average molecular weight is 425 g/mol. The highest BCUT2D eigenvalue weighted by Gasteiger charge is 2.26. The van der Waals surface area contributed by atoms with Gasteiger partial charge in [-0.2, -0.15) is 0 Å². The third kappa shape index (κ3) is 4.51. The Morgan fingerprint density at radius 1 is 1.22 bits per heavy atom. The van der Waals surface area contributed by atoms with Crippen molar-refractivity contribution < 1.29 is 4.79 Å². The number of likely N-dealkylation sites (tertiary alicyclic amines) is 1. The van der Waals surface area contributed by atoms with E-state index in [1.165, 1.54) is 34.6 Å². The molecule has 146 valence electrons. The summed E-state index contributed by atoms with van der Waals surface area (Å²) in [4.78, 5) is 27.0. The molecule has 2 saturated heterocycles. The number of carbonyl (C=O) groups is 1. The van der Waals surface area contributed by atoms with E-state index in [9.17, 15) is 9.59 Å². The molecule has 0 aromatic carbocycles. The molecule has 4 heterocycles. The summed E-state index contributed by atoms with van der Waals surface area (Å²) in [5, 5.41) is 10.9. The van der Waals surface area contributed by atoms with Gasteiger partial charge in [0, 0.05) is 30.5 Å². The fraction of sp³-hybridized carbons (Fsp3) is 0.667. The highest BCUT2D eigenvalue weighted by molar-refractivity contribution is 8.77. The number of aromatic nitrogens is 3. The molecule has 2 aliphatic heterocycles. The van der Waals surface area contributed by atoms with E-state index in [-0.39, 0.29) is 17.5 Å². The lowest BCUT2D eigenvalue weighted by molar-refractivity contribution is -0.132. The Morgan fingerprint density at radius 3 is 2.85 bits per heavy atom. The lowest BCUT2D eigenvalue weighted by Crippen LogP contribution is -2.41. The maximum Gasteiger partial charge on any atom is 0.287 e. The maximum absolute atomic E-state index is 12.6. The standard InChI is InChI=1S/C18H24N4O2S3/c23-16(4-2-1-3-14-7-12-26-27-14)21-9-5-13(6-10-21)22-18(24)17-15(19-20-22)8-11-25-17/h8,11,13-14H,1-7,9-10,12H2. The van der Waals surface area contributed by atoms with Gasteiger partial charge in [-0.15, -0.1) is 16.4 Å². The summed E-state index contributed by atoms with van der Waals surface area (Å²) in [6.07, 6.45) is 6.87. The van der Waals surface area contributed by atoms with Crippen LogP contribution in [0.4, 0.5) is 0 Å². The summed E-state index contributed by atoms with van der Waals surface area (Å²) in [6, 6.07) is 1.86. The smallest absolute Gasteiger partial charge is 0.287 e. The van der Waals surface area contributed by atoms with Crippen LogP contribution in [0.25, 0.3) is 10.2 Å². The van der Waals surface area contributed by atoms with Crippen molar-refractivity contribution in [2.45, 2.75) is 56.2 Å². The van der Waals surface area contributed by atoms with Gasteiger partial charge < -0.3 is 4.90 Å². The molecule has 1 atom stereocenters. The molecular formula is C18H24N4O2S3. The molecule has 2 aliphatic rings. The van der Waals surface area contributed by atoms with Crippen LogP contribution in [0.2, 0.25) is 0 Å². The molecule has 2 fully saturated rings. The normalized spacial score (nSPS) is 21.2. The molecule has 2 aromatic heterocycles. The number of piperidine rings is 1. The van der Waals surface area contributed by atoms with Crippen molar-refractivity contribution in [3.8, 4) is 0 Å². The fourth-order valence-electron chi connectivity index (χ4n) is 3.75. The van der Waals surface area contributed by atoms with Gasteiger partial charge in [-0.3, -0.25) is 9.59 Å². The first-order chi connectivity index (χ1) is 13.2. The van der Waals surface area contributed by atoms with E-state index in [1.54, 1.807) is 0 Å². The van der Waals surface area contributed by atoms with Crippen molar-refractivity contribution >= 4 is 49.0 Å². The van der Waals surface area contributed by atoms with Crippen molar-refractivity contribution in [3.05, 3.63) is 21.8 Å². The summed E-state index contributed by atoms with van der Waals surface area (Å²) < 4.78 is 2.19. The molecule has 0 bridgehead atoms. The van der Waals surface area contributed by atoms with Crippen LogP contribution >= 0.6 is 32.9 Å². The first-order valence-electron chi connectivity index (χ1n) is 9.61. The molecule has 1 amide bonds. The third-order valence-electron chi connectivity index (χ3n) is 5.35. The summed E-state index contributed by atoms with van der Waals surface area (Å²) >= 11 is 1.41. The van der Waals surface area contributed by atoms with Crippen LogP contribution in [-0.2, 0) is 4.79 Å². The van der Waals surface area contributed by atoms with Crippen LogP contribution in [0.15, 0.2) is 16.2 Å². The molecule has 0 saturated carbocycles. The number of hydrogen-bond acceptors (Lipinski definition) is 7. The van der Waals surface area contributed by atoms with Crippen molar-refractivity contribution in [2.75, 3.05) is 18.8 Å². The van der Waals surface area contributed by atoms with Crippen molar-refractivity contribution in [2.24, 2.45) is 0 Å². The summed E-state index contributed by atoms with van der Waals surface area (Å²) in [5.41, 5.74) is 0.617. The second kappa shape index (κ2) is 8.96. The highest BCUT2D eigenvalue weighted by Crippen LogP contribution is 2.39. The van der Waals surface area contributed by atoms with Crippen LogP contribution in [0.1, 0.15) is 51.0 Å². The van der Waals surface area contributed by atoms with Crippen LogP contribution < -0.4 is 5.56 Å². The zero-order chi connectivity index (χ0) is 18.6. The predicted octanol–water partition coefficient (Wildman–Crippen LogP) is 3.73. The first kappa shape index (κ1) is 19.3. The Morgan fingerprint density at radius 2 is 2.07 bits per heavy atom. The van der Waals surface area contributed by atoms with Gasteiger partial charge in [-0.25, -0.2) is 4.68 Å². The first-order valence-corrected chi connectivity index (χ1v) is 12.9. The molecular weight excluding hydrogens is 400 g/mol. The van der Waals surface area contributed by atoms with Gasteiger partial charge in [0.15, 0.2) is 0 Å². The SMILES string of the molecule is O=C(CCCCC1CCSS1)N1CCC(n2nnc3ccsc3c2=O)CC1. The molecule has 6 nitrogen and oxygen atoms in total. The third-order valence-corrected chi connectivity index (χ3v) is 9.25. The van der Waals surface area contributed by atoms with Crippen molar-refractivity contribution in [3.63, 3.8) is 0 Å². The van der Waals surface area contributed by atoms with Gasteiger partial charge in [-0.1, -0.05) is 33.2 Å². The molecule has 4 rings (SSSR count). The van der Waals surface area contributed by atoms with E-state index in [4.69, 9.17) is 0 Å². The van der Waals surface area contributed by atoms with Crippen LogP contribution in [0, 0.1) is 0 Å². The maximum atomic E-state index is 12.6. The van der Waals surface area contributed by atoms with Crippen LogP contribution in [0.5, 0.6) is 0 Å². The Bertz CT molecular complexity index is 838. The second-order valence-corrected chi connectivity index (χ2v) is 10.9. The number of hydrogen-bond donors (Lipinski definition) is 0. The van der Waals surface area contributed by atoms with Gasteiger partial charge in [0.25, 0.3) is 5.56 Å². The number of rotatable bonds is 6. The largest absolute Gasteiger partial charge is 0.343 e. The monoisotopic (exact) mass is 424 g/mol. The molecule has 1 unspecified atom stereocenters. The minimum absolute atomic E-state index is 0.0393. The molecule has 0 N–H and O–H groups in total. The minimum atomic E-state index is -0.0530. The Kier molecular flexibility index (Phi) is 6.39. The predicted molar refractivity (Wildman–Crippen MR) is 113 cm³/mol. The summed E-state index contributed by atoms with van der Waals surface area (Å²) in [6.45, 7) is 1.41. The van der Waals surface area contributed by atoms with Crippen molar-refractivity contribution in [1.29, 1.82) is 0 Å². The van der Waals surface area contributed by atoms with Gasteiger partial charge >= 0.3 is 0 Å². The average Bonchev–Trinajstić information content (AvgIpc) is 3.38. The molecule has 9 heteroatoms. The van der Waals surface area contributed by atoms with Gasteiger partial charge in [0.05, 0.1) is 6.04 Å². The summed E-state index contributed by atoms with van der Waals surface area (Å²) in [5.74, 6) is 1.53. The number of fused-ring (bicyclic) bond motifs is 1. The second-order valence-electron chi connectivity index (χ2n) is 7.16. The van der Waals surface area contributed by atoms with E-state index in [2.05, 4.69) is 10.3 Å². The lowest BCUT2D eigenvalue weighted by atomic mass is 10.0. The van der Waals surface area contributed by atoms with Crippen LogP contribution in [-0.4, -0.2) is 49.9 Å². The zero-order valence-corrected chi connectivity index (χ0v) is 17.7. The Balaban J connectivity index is 1.24.